The van der Waals surface area contributed by atoms with E-state index in [-0.39, 0.29) is 0 Å². The van der Waals surface area contributed by atoms with Crippen LogP contribution in [0.2, 0.25) is 0 Å². The average molecular weight is 324 g/mol. The molecule has 1 heterocycles. The lowest BCUT2D eigenvalue weighted by Gasteiger charge is -2.13. The Hall–Kier alpha value is -3.02. The SMILES string of the molecule is C=Nc1ccc(CNn2c(CN/C=C/C)cnc2N)cc1/C=C\C. The first-order valence-electron chi connectivity index (χ1n) is 7.82. The predicted molar refractivity (Wildman–Crippen MR) is 102 cm³/mol. The number of imidazole rings is 1. The second kappa shape index (κ2) is 8.57. The van der Waals surface area contributed by atoms with Gasteiger partial charge in [0.2, 0.25) is 5.95 Å². The minimum absolute atomic E-state index is 0.435. The van der Waals surface area contributed by atoms with Crippen molar-refractivity contribution in [3.8, 4) is 0 Å². The third-order valence-corrected chi connectivity index (χ3v) is 3.48. The fraction of sp³-hybridized carbons (Fsp3) is 0.222. The predicted octanol–water partition coefficient (Wildman–Crippen LogP) is 3.20. The Morgan fingerprint density at radius 1 is 1.29 bits per heavy atom. The number of aromatic nitrogens is 2. The molecule has 1 aromatic carbocycles. The van der Waals surface area contributed by atoms with E-state index in [4.69, 9.17) is 5.73 Å². The second-order valence-corrected chi connectivity index (χ2v) is 5.21. The highest BCUT2D eigenvalue weighted by atomic mass is 15.5. The summed E-state index contributed by atoms with van der Waals surface area (Å²) in [7, 11) is 0. The number of nitrogens with one attached hydrogen (secondary N) is 2. The van der Waals surface area contributed by atoms with Crippen molar-refractivity contribution >= 4 is 24.4 Å². The number of hydrogen-bond acceptors (Lipinski definition) is 5. The van der Waals surface area contributed by atoms with Gasteiger partial charge in [-0.3, -0.25) is 4.99 Å². The molecule has 0 atom stereocenters. The van der Waals surface area contributed by atoms with E-state index in [1.807, 2.05) is 50.4 Å². The van der Waals surface area contributed by atoms with E-state index in [0.29, 0.717) is 19.0 Å². The van der Waals surface area contributed by atoms with Gasteiger partial charge < -0.3 is 16.5 Å². The minimum Gasteiger partial charge on any atom is -0.385 e. The largest absolute Gasteiger partial charge is 0.385 e. The maximum absolute atomic E-state index is 5.94. The molecule has 2 rings (SSSR count). The van der Waals surface area contributed by atoms with Gasteiger partial charge in [-0.15, -0.1) is 0 Å². The topological polar surface area (TPSA) is 80.3 Å². The van der Waals surface area contributed by atoms with Gasteiger partial charge in [0.05, 0.1) is 30.7 Å². The van der Waals surface area contributed by atoms with Gasteiger partial charge in [-0.25, -0.2) is 9.66 Å². The second-order valence-electron chi connectivity index (χ2n) is 5.21. The molecule has 4 N–H and O–H groups in total. The van der Waals surface area contributed by atoms with E-state index in [2.05, 4.69) is 33.5 Å². The molecule has 2 aromatic rings. The lowest BCUT2D eigenvalue weighted by molar-refractivity contribution is 0.745. The van der Waals surface area contributed by atoms with Gasteiger partial charge in [0.15, 0.2) is 0 Å². The molecule has 6 heteroatoms. The first kappa shape index (κ1) is 17.3. The molecule has 24 heavy (non-hydrogen) atoms. The summed E-state index contributed by atoms with van der Waals surface area (Å²) in [5, 5.41) is 3.18. The third kappa shape index (κ3) is 4.25. The first-order valence-corrected chi connectivity index (χ1v) is 7.82. The molecule has 0 aliphatic carbocycles. The molecule has 6 nitrogen and oxygen atoms in total. The van der Waals surface area contributed by atoms with Gasteiger partial charge in [-0.2, -0.15) is 0 Å². The standard InChI is InChI=1S/C18H24N6/c1-4-6-15-10-14(7-8-17(15)20-3)11-23-24-16(12-21-9-5-2)13-22-18(24)19/h4-10,13,21,23H,3,11-12H2,1-2H3,(H2,19,22)/b6-4-,9-5+. The molecule has 0 spiro atoms. The molecular weight excluding hydrogens is 300 g/mol. The van der Waals surface area contributed by atoms with E-state index in [9.17, 15) is 0 Å². The van der Waals surface area contributed by atoms with Crippen LogP contribution in [0, 0.1) is 0 Å². The summed E-state index contributed by atoms with van der Waals surface area (Å²) in [6.07, 6.45) is 9.59. The summed E-state index contributed by atoms with van der Waals surface area (Å²) < 4.78 is 1.80. The van der Waals surface area contributed by atoms with Gasteiger partial charge in [-0.1, -0.05) is 24.3 Å². The Labute approximate surface area is 142 Å². The van der Waals surface area contributed by atoms with Gasteiger partial charge in [0.25, 0.3) is 0 Å². The number of nitrogens with zero attached hydrogens (tertiary/aromatic N) is 3. The maximum Gasteiger partial charge on any atom is 0.219 e. The van der Waals surface area contributed by atoms with Crippen LogP contribution in [0.4, 0.5) is 11.6 Å². The van der Waals surface area contributed by atoms with E-state index in [1.54, 1.807) is 10.9 Å². The lowest BCUT2D eigenvalue weighted by Crippen LogP contribution is -2.21. The zero-order chi connectivity index (χ0) is 17.4. The normalized spacial score (nSPS) is 11.2. The molecule has 1 aromatic heterocycles. The van der Waals surface area contributed by atoms with Crippen LogP contribution in [0.15, 0.2) is 47.7 Å². The molecule has 0 fully saturated rings. The van der Waals surface area contributed by atoms with Crippen LogP contribution >= 0.6 is 0 Å². The van der Waals surface area contributed by atoms with E-state index in [1.165, 1.54) is 0 Å². The number of allylic oxidation sites excluding steroid dienone is 2. The van der Waals surface area contributed by atoms with Gasteiger partial charge >= 0.3 is 0 Å². The summed E-state index contributed by atoms with van der Waals surface area (Å²) >= 11 is 0. The smallest absolute Gasteiger partial charge is 0.219 e. The number of aliphatic imine (C=N–C) groups is 1. The molecule has 0 aliphatic heterocycles. The number of hydrogen-bond donors (Lipinski definition) is 3. The minimum atomic E-state index is 0.435. The summed E-state index contributed by atoms with van der Waals surface area (Å²) in [5.41, 5.74) is 13.2. The van der Waals surface area contributed by atoms with Crippen LogP contribution in [-0.2, 0) is 13.1 Å². The monoisotopic (exact) mass is 324 g/mol. The third-order valence-electron chi connectivity index (χ3n) is 3.48. The van der Waals surface area contributed by atoms with Crippen molar-refractivity contribution < 1.29 is 0 Å². The zero-order valence-corrected chi connectivity index (χ0v) is 14.2. The van der Waals surface area contributed by atoms with Gasteiger partial charge in [-0.05, 0) is 44.5 Å². The van der Waals surface area contributed by atoms with Crippen molar-refractivity contribution in [3.05, 3.63) is 59.6 Å². The molecule has 0 unspecified atom stereocenters. The molecule has 0 bridgehead atoms. The Morgan fingerprint density at radius 2 is 2.12 bits per heavy atom. The Bertz CT molecular complexity index is 742. The molecule has 0 saturated carbocycles. The summed E-state index contributed by atoms with van der Waals surface area (Å²) in [6, 6.07) is 6.07. The van der Waals surface area contributed by atoms with E-state index < -0.39 is 0 Å². The quantitative estimate of drug-likeness (QED) is 0.651. The molecule has 0 amide bonds. The number of rotatable bonds is 8. The van der Waals surface area contributed by atoms with Crippen molar-refractivity contribution in [1.29, 1.82) is 0 Å². The Kier molecular flexibility index (Phi) is 6.19. The fourth-order valence-corrected chi connectivity index (χ4v) is 2.33. The highest BCUT2D eigenvalue weighted by Gasteiger charge is 2.07. The van der Waals surface area contributed by atoms with Crippen molar-refractivity contribution in [1.82, 2.24) is 15.0 Å². The van der Waals surface area contributed by atoms with Crippen LogP contribution in [0.1, 0.15) is 30.7 Å². The van der Waals surface area contributed by atoms with Gasteiger partial charge in [0, 0.05) is 5.56 Å². The molecule has 0 radical (unpaired) electrons. The van der Waals surface area contributed by atoms with Crippen LogP contribution in [-0.4, -0.2) is 16.4 Å². The van der Waals surface area contributed by atoms with Crippen molar-refractivity contribution in [2.24, 2.45) is 4.99 Å². The number of benzene rings is 1. The highest BCUT2D eigenvalue weighted by molar-refractivity contribution is 5.66. The summed E-state index contributed by atoms with van der Waals surface area (Å²) in [4.78, 5) is 8.20. The Morgan fingerprint density at radius 3 is 2.83 bits per heavy atom. The first-order chi connectivity index (χ1) is 11.7. The Balaban J connectivity index is 2.12. The number of nitrogen functional groups attached to an aromatic ring is 1. The van der Waals surface area contributed by atoms with Crippen molar-refractivity contribution in [3.63, 3.8) is 0 Å². The molecule has 0 saturated heterocycles. The number of nitrogens with two attached hydrogens (primary N) is 1. The summed E-state index contributed by atoms with van der Waals surface area (Å²) in [5.74, 6) is 0.435. The van der Waals surface area contributed by atoms with Crippen LogP contribution in [0.3, 0.4) is 0 Å². The maximum atomic E-state index is 5.94. The van der Waals surface area contributed by atoms with Crippen molar-refractivity contribution in [2.45, 2.75) is 26.9 Å². The van der Waals surface area contributed by atoms with Crippen LogP contribution < -0.4 is 16.5 Å². The molecular formula is C18H24N6. The fourth-order valence-electron chi connectivity index (χ4n) is 2.33. The van der Waals surface area contributed by atoms with Crippen molar-refractivity contribution in [2.75, 3.05) is 11.2 Å². The van der Waals surface area contributed by atoms with Gasteiger partial charge in [0.1, 0.15) is 0 Å². The average Bonchev–Trinajstić information content (AvgIpc) is 2.94. The molecule has 0 aliphatic rings. The number of anilines is 1. The molecule has 126 valence electrons. The van der Waals surface area contributed by atoms with E-state index in [0.717, 1.165) is 22.5 Å². The highest BCUT2D eigenvalue weighted by Crippen LogP contribution is 2.22. The zero-order valence-electron chi connectivity index (χ0n) is 14.2. The van der Waals surface area contributed by atoms with E-state index >= 15 is 0 Å². The van der Waals surface area contributed by atoms with Crippen LogP contribution in [0.25, 0.3) is 6.08 Å². The lowest BCUT2D eigenvalue weighted by atomic mass is 10.1. The summed E-state index contributed by atoms with van der Waals surface area (Å²) in [6.45, 7) is 8.82. The van der Waals surface area contributed by atoms with Crippen LogP contribution in [0.5, 0.6) is 0 Å².